The highest BCUT2D eigenvalue weighted by Crippen LogP contribution is 2.19. The summed E-state index contributed by atoms with van der Waals surface area (Å²) in [5, 5.41) is 22.4. The third-order valence-electron chi connectivity index (χ3n) is 4.71. The molecule has 29 heavy (non-hydrogen) atoms. The van der Waals surface area contributed by atoms with Gasteiger partial charge in [0.1, 0.15) is 6.54 Å². The first kappa shape index (κ1) is 17.5. The van der Waals surface area contributed by atoms with E-state index in [-0.39, 0.29) is 12.1 Å². The van der Waals surface area contributed by atoms with Crippen LogP contribution in [0, 0.1) is 0 Å². The van der Waals surface area contributed by atoms with Gasteiger partial charge in [-0.25, -0.2) is 0 Å². The molecule has 144 valence electrons. The second kappa shape index (κ2) is 6.78. The van der Waals surface area contributed by atoms with Crippen LogP contribution >= 0.6 is 11.6 Å². The molecule has 0 aliphatic heterocycles. The molecule has 10 heteroatoms. The van der Waals surface area contributed by atoms with Gasteiger partial charge in [0, 0.05) is 17.1 Å². The van der Waals surface area contributed by atoms with Gasteiger partial charge in [-0.2, -0.15) is 4.80 Å². The Kier molecular flexibility index (Phi) is 4.09. The molecule has 2 aromatic carbocycles. The van der Waals surface area contributed by atoms with Gasteiger partial charge >= 0.3 is 0 Å². The Morgan fingerprint density at radius 1 is 1.03 bits per heavy atom. The number of aromatic nitrogens is 8. The zero-order valence-electron chi connectivity index (χ0n) is 15.4. The van der Waals surface area contributed by atoms with Crippen molar-refractivity contribution in [3.05, 3.63) is 69.7 Å². The predicted octanol–water partition coefficient (Wildman–Crippen LogP) is 2.42. The Hall–Kier alpha value is -3.59. The van der Waals surface area contributed by atoms with E-state index < -0.39 is 0 Å². The Morgan fingerprint density at radius 3 is 2.72 bits per heavy atom. The van der Waals surface area contributed by atoms with Crippen LogP contribution in [0.3, 0.4) is 0 Å². The largest absolute Gasteiger partial charge is 0.277 e. The minimum absolute atomic E-state index is 0.0864. The fourth-order valence-electron chi connectivity index (χ4n) is 3.38. The van der Waals surface area contributed by atoms with Gasteiger partial charge in [0.2, 0.25) is 11.6 Å². The maximum atomic E-state index is 12.8. The average Bonchev–Trinajstić information content (AvgIpc) is 3.37. The lowest BCUT2D eigenvalue weighted by Crippen LogP contribution is -2.23. The fourth-order valence-corrected chi connectivity index (χ4v) is 3.57. The van der Waals surface area contributed by atoms with E-state index >= 15 is 0 Å². The van der Waals surface area contributed by atoms with E-state index in [4.69, 9.17) is 11.6 Å². The van der Waals surface area contributed by atoms with Crippen molar-refractivity contribution in [2.24, 2.45) is 0 Å². The molecule has 0 saturated heterocycles. The van der Waals surface area contributed by atoms with Gasteiger partial charge in [-0.05, 0) is 36.4 Å². The zero-order chi connectivity index (χ0) is 20.0. The lowest BCUT2D eigenvalue weighted by molar-refractivity contribution is 0.552. The highest BCUT2D eigenvalue weighted by atomic mass is 35.5. The summed E-state index contributed by atoms with van der Waals surface area (Å²) in [7, 11) is 0. The summed E-state index contributed by atoms with van der Waals surface area (Å²) in [6.07, 6.45) is 0. The topological polar surface area (TPSA) is 95.8 Å². The van der Waals surface area contributed by atoms with Crippen molar-refractivity contribution in [3.8, 4) is 11.4 Å². The lowest BCUT2D eigenvalue weighted by Gasteiger charge is -2.09. The van der Waals surface area contributed by atoms with Crippen LogP contribution in [-0.2, 0) is 13.1 Å². The minimum Gasteiger partial charge on any atom is -0.277 e. The van der Waals surface area contributed by atoms with Gasteiger partial charge < -0.3 is 0 Å². The zero-order valence-corrected chi connectivity index (χ0v) is 16.2. The normalized spacial score (nSPS) is 11.5. The van der Waals surface area contributed by atoms with Crippen LogP contribution in [-0.4, -0.2) is 39.4 Å². The van der Waals surface area contributed by atoms with Gasteiger partial charge in [0.25, 0.3) is 5.56 Å². The van der Waals surface area contributed by atoms with Crippen molar-refractivity contribution in [2.45, 2.75) is 20.0 Å². The van der Waals surface area contributed by atoms with Crippen molar-refractivity contribution < 1.29 is 0 Å². The molecule has 0 aliphatic rings. The van der Waals surface area contributed by atoms with Gasteiger partial charge in [0.15, 0.2) is 5.82 Å². The monoisotopic (exact) mass is 406 g/mol. The molecule has 0 fully saturated rings. The summed E-state index contributed by atoms with van der Waals surface area (Å²) in [6.45, 7) is 2.65. The summed E-state index contributed by atoms with van der Waals surface area (Å²) in [6, 6.07) is 14.7. The van der Waals surface area contributed by atoms with Crippen LogP contribution in [0.1, 0.15) is 12.7 Å². The number of nitrogens with zero attached hydrogens (tertiary/aromatic N) is 8. The first-order valence-corrected chi connectivity index (χ1v) is 9.43. The van der Waals surface area contributed by atoms with Crippen LogP contribution in [0.15, 0.2) is 53.3 Å². The number of fused-ring (bicyclic) bond motifs is 3. The molecule has 0 aliphatic carbocycles. The molecule has 0 amide bonds. The van der Waals surface area contributed by atoms with E-state index in [1.54, 1.807) is 22.8 Å². The fraction of sp³-hybridized carbons (Fsp3) is 0.158. The molecule has 3 aromatic heterocycles. The maximum absolute atomic E-state index is 12.8. The van der Waals surface area contributed by atoms with E-state index in [0.717, 1.165) is 11.1 Å². The van der Waals surface area contributed by atoms with Crippen molar-refractivity contribution in [2.75, 3.05) is 0 Å². The molecular weight excluding hydrogens is 392 g/mol. The van der Waals surface area contributed by atoms with Crippen molar-refractivity contribution in [1.29, 1.82) is 0 Å². The van der Waals surface area contributed by atoms with E-state index in [9.17, 15) is 4.79 Å². The molecule has 3 heterocycles. The third-order valence-corrected chi connectivity index (χ3v) is 4.94. The number of hydrogen-bond donors (Lipinski definition) is 0. The number of rotatable bonds is 4. The first-order valence-electron chi connectivity index (χ1n) is 9.05. The van der Waals surface area contributed by atoms with Crippen molar-refractivity contribution in [1.82, 2.24) is 39.4 Å². The van der Waals surface area contributed by atoms with Gasteiger partial charge in [-0.15, -0.1) is 20.4 Å². The van der Waals surface area contributed by atoms with Crippen LogP contribution in [0.2, 0.25) is 5.02 Å². The molecule has 0 saturated carbocycles. The van der Waals surface area contributed by atoms with Gasteiger partial charge in [0.05, 0.1) is 10.9 Å². The van der Waals surface area contributed by atoms with Gasteiger partial charge in [-0.1, -0.05) is 35.9 Å². The quantitative estimate of drug-likeness (QED) is 0.454. The van der Waals surface area contributed by atoms with E-state index in [2.05, 4.69) is 25.6 Å². The number of hydrogen-bond acceptors (Lipinski definition) is 6. The summed E-state index contributed by atoms with van der Waals surface area (Å²) < 4.78 is 3.47. The summed E-state index contributed by atoms with van der Waals surface area (Å²) in [5.41, 5.74) is 1.43. The lowest BCUT2D eigenvalue weighted by atomic mass is 10.2. The number of benzene rings is 2. The molecule has 5 aromatic rings. The van der Waals surface area contributed by atoms with Gasteiger partial charge in [-0.3, -0.25) is 13.8 Å². The molecule has 0 unspecified atom stereocenters. The Balaban J connectivity index is 1.62. The summed E-state index contributed by atoms with van der Waals surface area (Å²) in [5.74, 6) is 1.56. The molecule has 0 atom stereocenters. The van der Waals surface area contributed by atoms with E-state index in [0.29, 0.717) is 34.4 Å². The van der Waals surface area contributed by atoms with Crippen molar-refractivity contribution in [3.63, 3.8) is 0 Å². The van der Waals surface area contributed by atoms with Crippen LogP contribution in [0.4, 0.5) is 0 Å². The molecule has 9 nitrogen and oxygen atoms in total. The maximum Gasteiger partial charge on any atom is 0.262 e. The molecule has 0 N–H and O–H groups in total. The van der Waals surface area contributed by atoms with Crippen LogP contribution in [0.25, 0.3) is 28.1 Å². The third kappa shape index (κ3) is 2.87. The molecular formula is C19H15ClN8O. The predicted molar refractivity (Wildman–Crippen MR) is 108 cm³/mol. The van der Waals surface area contributed by atoms with Crippen LogP contribution in [0.5, 0.6) is 0 Å². The SMILES string of the molecule is CCn1c(=O)c2ccccc2n2c(Cn3nnc(-c4cccc(Cl)c4)n3)nnc12. The summed E-state index contributed by atoms with van der Waals surface area (Å²) >= 11 is 6.05. The van der Waals surface area contributed by atoms with Crippen LogP contribution < -0.4 is 5.56 Å². The Bertz CT molecular complexity index is 1420. The standard InChI is InChI=1S/C19H15ClN8O/c1-2-26-18(29)14-8-3-4-9-15(14)28-16(21-23-19(26)28)11-27-24-17(22-25-27)12-6-5-7-13(20)10-12/h3-10H,2,11H2,1H3. The number of aryl methyl sites for hydroxylation is 1. The van der Waals surface area contributed by atoms with E-state index in [1.165, 1.54) is 4.80 Å². The molecule has 0 spiro atoms. The number of tetrazole rings is 1. The molecule has 0 radical (unpaired) electrons. The smallest absolute Gasteiger partial charge is 0.262 e. The second-order valence-electron chi connectivity index (χ2n) is 6.47. The second-order valence-corrected chi connectivity index (χ2v) is 6.91. The van der Waals surface area contributed by atoms with E-state index in [1.807, 2.05) is 41.7 Å². The summed E-state index contributed by atoms with van der Waals surface area (Å²) in [4.78, 5) is 14.2. The van der Waals surface area contributed by atoms with Crippen molar-refractivity contribution >= 4 is 28.3 Å². The highest BCUT2D eigenvalue weighted by Gasteiger charge is 2.17. The molecule has 0 bridgehead atoms. The Morgan fingerprint density at radius 2 is 1.90 bits per heavy atom. The number of halogens is 1. The highest BCUT2D eigenvalue weighted by molar-refractivity contribution is 6.30. The average molecular weight is 407 g/mol. The molecule has 5 rings (SSSR count). The minimum atomic E-state index is -0.0864. The Labute approximate surface area is 169 Å². The number of para-hydroxylation sites is 1. The first-order chi connectivity index (χ1) is 14.2.